The first-order chi connectivity index (χ1) is 28.5. The molecule has 0 radical (unpaired) electrons. The summed E-state index contributed by atoms with van der Waals surface area (Å²) in [5.74, 6) is -0.0634. The van der Waals surface area contributed by atoms with Gasteiger partial charge in [0.1, 0.15) is 17.6 Å². The number of nitrogens with one attached hydrogen (secondary N) is 1. The molecule has 3 atom stereocenters. The maximum Gasteiger partial charge on any atom is 0.255 e. The molecule has 4 fully saturated rings. The molecule has 4 saturated heterocycles. The standard InChI is InChI=1S/C45H53FN8O5/c1-29-26-53(30(2)25-52(29)35-7-9-38(47-3)41(24-35)59-4)43(56)22-32-5-10-39(37(46)21-32)51-15-13-31(14-16-51)27-49-17-19-50(20-18-49)34-6-8-36-33(23-34)28-54(45(36)58)40-11-12-42(55)48-44(40)57/h5-10,21,23-24,29-31,40H,11-20,22,25-28H2,1-2,4H3,(H,48,55,57)/t29-,30+,40?/m0/s1. The molecule has 1 N–H and O–H groups in total. The number of piperidine rings is 2. The van der Waals surface area contributed by atoms with Crippen molar-refractivity contribution in [1.29, 1.82) is 0 Å². The van der Waals surface area contributed by atoms with Gasteiger partial charge in [0, 0.05) is 101 Å². The van der Waals surface area contributed by atoms with Crippen LogP contribution in [0.2, 0.25) is 0 Å². The Balaban J connectivity index is 0.785. The average Bonchev–Trinajstić information content (AvgIpc) is 3.56. The first kappa shape index (κ1) is 40.1. The fraction of sp³-hybridized carbons (Fsp3) is 0.489. The molecular formula is C45H53FN8O5. The van der Waals surface area contributed by atoms with Crippen molar-refractivity contribution in [1.82, 2.24) is 20.0 Å². The predicted molar refractivity (Wildman–Crippen MR) is 223 cm³/mol. The summed E-state index contributed by atoms with van der Waals surface area (Å²) in [6.45, 7) is 19.3. The summed E-state index contributed by atoms with van der Waals surface area (Å²) in [4.78, 5) is 67.1. The quantitative estimate of drug-likeness (QED) is 0.240. The number of fused-ring (bicyclic) bond motifs is 1. The van der Waals surface area contributed by atoms with Gasteiger partial charge >= 0.3 is 0 Å². The molecule has 13 nitrogen and oxygen atoms in total. The van der Waals surface area contributed by atoms with Crippen molar-refractivity contribution in [3.05, 3.63) is 88.5 Å². The maximum absolute atomic E-state index is 15.6. The van der Waals surface area contributed by atoms with E-state index < -0.39 is 11.9 Å². The molecule has 0 bridgehead atoms. The van der Waals surface area contributed by atoms with Crippen molar-refractivity contribution < 1.29 is 28.3 Å². The van der Waals surface area contributed by atoms with E-state index in [0.29, 0.717) is 60.2 Å². The predicted octanol–water partition coefficient (Wildman–Crippen LogP) is 4.85. The van der Waals surface area contributed by atoms with Crippen LogP contribution in [0.3, 0.4) is 0 Å². The van der Waals surface area contributed by atoms with Crippen LogP contribution < -0.4 is 24.8 Å². The monoisotopic (exact) mass is 804 g/mol. The Hall–Kier alpha value is -5.68. The largest absolute Gasteiger partial charge is 0.508 e. The van der Waals surface area contributed by atoms with E-state index >= 15 is 4.39 Å². The van der Waals surface area contributed by atoms with Crippen LogP contribution in [0, 0.1) is 18.3 Å². The molecule has 0 aromatic heterocycles. The van der Waals surface area contributed by atoms with E-state index in [-0.39, 0.29) is 48.5 Å². The van der Waals surface area contributed by atoms with E-state index in [9.17, 15) is 19.2 Å². The number of amides is 4. The van der Waals surface area contributed by atoms with Gasteiger partial charge in [0.15, 0.2) is 0 Å². The van der Waals surface area contributed by atoms with Gasteiger partial charge in [-0.25, -0.2) is 9.24 Å². The van der Waals surface area contributed by atoms with Crippen LogP contribution in [-0.2, 0) is 27.3 Å². The van der Waals surface area contributed by atoms with Crippen molar-refractivity contribution in [2.24, 2.45) is 5.92 Å². The minimum absolute atomic E-state index is 0.0131. The molecule has 1 unspecified atom stereocenters. The second kappa shape index (κ2) is 16.9. The second-order valence-corrected chi connectivity index (χ2v) is 16.8. The highest BCUT2D eigenvalue weighted by molar-refractivity contribution is 6.05. The minimum Gasteiger partial charge on any atom is -0.508 e. The highest BCUT2D eigenvalue weighted by atomic mass is 19.1. The summed E-state index contributed by atoms with van der Waals surface area (Å²) in [5.41, 5.74) is 5.33. The summed E-state index contributed by atoms with van der Waals surface area (Å²) < 4.78 is 21.1. The molecule has 0 spiro atoms. The number of hydrogen-bond donors (Lipinski definition) is 1. The molecular weight excluding hydrogens is 752 g/mol. The number of carbonyl (C=O) groups is 4. The van der Waals surface area contributed by atoms with Crippen LogP contribution in [0.4, 0.5) is 27.1 Å². The van der Waals surface area contributed by atoms with Gasteiger partial charge in [-0.05, 0) is 92.6 Å². The van der Waals surface area contributed by atoms with Crippen LogP contribution in [-0.4, -0.2) is 122 Å². The number of halogens is 1. The van der Waals surface area contributed by atoms with Gasteiger partial charge in [0.2, 0.25) is 23.4 Å². The van der Waals surface area contributed by atoms with E-state index in [1.807, 2.05) is 48.2 Å². The van der Waals surface area contributed by atoms with Gasteiger partial charge in [-0.15, -0.1) is 0 Å². The number of ether oxygens (including phenoxy) is 1. The Morgan fingerprint density at radius 3 is 2.34 bits per heavy atom. The lowest BCUT2D eigenvalue weighted by Gasteiger charge is -2.45. The Morgan fingerprint density at radius 1 is 0.864 bits per heavy atom. The first-order valence-electron chi connectivity index (χ1n) is 20.9. The molecule has 3 aromatic rings. The van der Waals surface area contributed by atoms with Crippen LogP contribution in [0.5, 0.6) is 5.75 Å². The third kappa shape index (κ3) is 8.30. The highest BCUT2D eigenvalue weighted by Crippen LogP contribution is 2.35. The maximum atomic E-state index is 15.6. The number of piperazine rings is 2. The molecule has 4 amide bonds. The van der Waals surface area contributed by atoms with Crippen LogP contribution in [0.1, 0.15) is 61.0 Å². The molecule has 5 heterocycles. The van der Waals surface area contributed by atoms with Gasteiger partial charge in [0.05, 0.1) is 25.8 Å². The van der Waals surface area contributed by atoms with Gasteiger partial charge < -0.3 is 29.2 Å². The fourth-order valence-electron chi connectivity index (χ4n) is 9.63. The first-order valence-corrected chi connectivity index (χ1v) is 20.9. The Kier molecular flexibility index (Phi) is 11.5. The molecule has 5 aliphatic rings. The van der Waals surface area contributed by atoms with Crippen molar-refractivity contribution in [2.45, 2.75) is 70.6 Å². The number of rotatable bonds is 9. The zero-order valence-corrected chi connectivity index (χ0v) is 34.2. The lowest BCUT2D eigenvalue weighted by Crippen LogP contribution is -2.58. The lowest BCUT2D eigenvalue weighted by atomic mass is 9.95. The zero-order chi connectivity index (χ0) is 41.4. The van der Waals surface area contributed by atoms with Crippen LogP contribution in [0.25, 0.3) is 4.85 Å². The third-order valence-corrected chi connectivity index (χ3v) is 13.0. The Morgan fingerprint density at radius 2 is 1.63 bits per heavy atom. The van der Waals surface area contributed by atoms with Crippen LogP contribution >= 0.6 is 0 Å². The van der Waals surface area contributed by atoms with E-state index in [1.165, 1.54) is 6.07 Å². The molecule has 5 aliphatic heterocycles. The zero-order valence-electron chi connectivity index (χ0n) is 34.2. The molecule has 0 aliphatic carbocycles. The van der Waals surface area contributed by atoms with Crippen molar-refractivity contribution in [3.8, 4) is 5.75 Å². The third-order valence-electron chi connectivity index (χ3n) is 13.0. The van der Waals surface area contributed by atoms with Gasteiger partial charge in [-0.3, -0.25) is 29.4 Å². The van der Waals surface area contributed by atoms with Crippen LogP contribution in [0.15, 0.2) is 54.6 Å². The van der Waals surface area contributed by atoms with Gasteiger partial charge in [-0.1, -0.05) is 12.1 Å². The number of imide groups is 1. The summed E-state index contributed by atoms with van der Waals surface area (Å²) in [5, 5.41) is 2.37. The van der Waals surface area contributed by atoms with Gasteiger partial charge in [-0.2, -0.15) is 0 Å². The van der Waals surface area contributed by atoms with Crippen molar-refractivity contribution in [3.63, 3.8) is 0 Å². The SMILES string of the molecule is [C-]#[N+]c1ccc(N2C[C@@H](C)N(C(=O)Cc3ccc(N4CCC(CN5CCN(c6ccc7c(c6)CN(C6CCC(=O)NC6=O)C7=O)CC5)CC4)c(F)c3)C[C@@H]2C)cc1OC. The average molecular weight is 805 g/mol. The molecule has 14 heteroatoms. The number of nitrogens with zero attached hydrogens (tertiary/aromatic N) is 7. The molecule has 8 rings (SSSR count). The second-order valence-electron chi connectivity index (χ2n) is 16.8. The summed E-state index contributed by atoms with van der Waals surface area (Å²) in [6, 6.07) is 16.2. The van der Waals surface area contributed by atoms with E-state index in [0.717, 1.165) is 75.6 Å². The van der Waals surface area contributed by atoms with Crippen molar-refractivity contribution in [2.75, 3.05) is 80.7 Å². The van der Waals surface area contributed by atoms with Crippen molar-refractivity contribution >= 4 is 46.4 Å². The van der Waals surface area contributed by atoms with E-state index in [1.54, 1.807) is 18.1 Å². The normalized spacial score (nSPS) is 23.0. The number of benzene rings is 3. The number of hydrogen-bond acceptors (Lipinski definition) is 9. The summed E-state index contributed by atoms with van der Waals surface area (Å²) in [7, 11) is 1.56. The summed E-state index contributed by atoms with van der Waals surface area (Å²) >= 11 is 0. The topological polar surface area (TPSA) is 113 Å². The fourth-order valence-corrected chi connectivity index (χ4v) is 9.63. The Bertz CT molecular complexity index is 2160. The van der Waals surface area contributed by atoms with Gasteiger partial charge in [0.25, 0.3) is 5.91 Å². The Labute approximate surface area is 345 Å². The lowest BCUT2D eigenvalue weighted by molar-refractivity contribution is -0.137. The smallest absolute Gasteiger partial charge is 0.255 e. The molecule has 310 valence electrons. The number of methoxy groups -OCH3 is 1. The summed E-state index contributed by atoms with van der Waals surface area (Å²) in [6.07, 6.45) is 2.71. The number of carbonyl (C=O) groups excluding carboxylic acids is 4. The number of anilines is 3. The molecule has 3 aromatic carbocycles. The minimum atomic E-state index is -0.615. The van der Waals surface area contributed by atoms with E-state index in [4.69, 9.17) is 11.3 Å². The molecule has 0 saturated carbocycles. The van der Waals surface area contributed by atoms with E-state index in [2.05, 4.69) is 42.8 Å². The molecule has 59 heavy (non-hydrogen) atoms. The highest BCUT2D eigenvalue weighted by Gasteiger charge is 2.39.